The standard InChI is InChI=1S/C15H13N5O2/c16-15(22)19-11-6-4-10(5-7-11)18-14(21)12-3-1-2-9-8-17-20-13(9)12/h1-8H,(H,17,20)(H,18,21)(H3,16,19,22). The number of carbonyl (C=O) groups excluding carboxylic acids is 2. The molecule has 1 aromatic heterocycles. The summed E-state index contributed by atoms with van der Waals surface area (Å²) < 4.78 is 0. The summed E-state index contributed by atoms with van der Waals surface area (Å²) in [6.07, 6.45) is 1.66. The van der Waals surface area contributed by atoms with Gasteiger partial charge in [0.1, 0.15) is 0 Å². The number of primary amides is 1. The second kappa shape index (κ2) is 5.57. The van der Waals surface area contributed by atoms with Crippen molar-refractivity contribution in [1.29, 1.82) is 0 Å². The molecule has 22 heavy (non-hydrogen) atoms. The first-order chi connectivity index (χ1) is 10.6. The van der Waals surface area contributed by atoms with Crippen LogP contribution in [0.4, 0.5) is 16.2 Å². The number of aromatic nitrogens is 2. The molecule has 0 saturated heterocycles. The van der Waals surface area contributed by atoms with Gasteiger partial charge in [-0.15, -0.1) is 0 Å². The van der Waals surface area contributed by atoms with Gasteiger partial charge in [0.2, 0.25) is 0 Å². The number of hydrogen-bond donors (Lipinski definition) is 4. The Morgan fingerprint density at radius 2 is 1.68 bits per heavy atom. The van der Waals surface area contributed by atoms with Crippen LogP contribution >= 0.6 is 0 Å². The monoisotopic (exact) mass is 295 g/mol. The van der Waals surface area contributed by atoms with Crippen LogP contribution in [-0.4, -0.2) is 22.1 Å². The SMILES string of the molecule is NC(=O)Nc1ccc(NC(=O)c2cccc3cn[nH]c23)cc1. The zero-order chi connectivity index (χ0) is 15.5. The molecule has 0 unspecified atom stereocenters. The maximum absolute atomic E-state index is 12.3. The number of nitrogens with zero attached hydrogens (tertiary/aromatic N) is 1. The number of hydrogen-bond acceptors (Lipinski definition) is 3. The van der Waals surface area contributed by atoms with E-state index in [0.717, 1.165) is 5.39 Å². The summed E-state index contributed by atoms with van der Waals surface area (Å²) in [6, 6.07) is 11.4. The molecule has 0 spiro atoms. The van der Waals surface area contributed by atoms with E-state index < -0.39 is 6.03 Å². The Morgan fingerprint density at radius 1 is 1.00 bits per heavy atom. The minimum absolute atomic E-state index is 0.245. The smallest absolute Gasteiger partial charge is 0.316 e. The van der Waals surface area contributed by atoms with E-state index in [1.54, 1.807) is 42.6 Å². The first kappa shape index (κ1) is 13.6. The molecule has 0 bridgehead atoms. The number of carbonyl (C=O) groups is 2. The van der Waals surface area contributed by atoms with Gasteiger partial charge in [-0.05, 0) is 30.3 Å². The number of para-hydroxylation sites is 1. The Labute approximate surface area is 125 Å². The second-order valence-electron chi connectivity index (χ2n) is 4.66. The maximum Gasteiger partial charge on any atom is 0.316 e. The minimum Gasteiger partial charge on any atom is -0.351 e. The van der Waals surface area contributed by atoms with Crippen molar-refractivity contribution >= 4 is 34.2 Å². The van der Waals surface area contributed by atoms with Gasteiger partial charge < -0.3 is 16.4 Å². The highest BCUT2D eigenvalue weighted by Gasteiger charge is 2.11. The van der Waals surface area contributed by atoms with E-state index in [1.807, 2.05) is 6.07 Å². The number of nitrogens with two attached hydrogens (primary N) is 1. The van der Waals surface area contributed by atoms with Crippen LogP contribution in [-0.2, 0) is 0 Å². The first-order valence-electron chi connectivity index (χ1n) is 6.53. The van der Waals surface area contributed by atoms with Crippen molar-refractivity contribution in [1.82, 2.24) is 10.2 Å². The quantitative estimate of drug-likeness (QED) is 0.594. The van der Waals surface area contributed by atoms with Crippen molar-refractivity contribution in [3.63, 3.8) is 0 Å². The van der Waals surface area contributed by atoms with E-state index in [1.165, 1.54) is 0 Å². The van der Waals surface area contributed by atoms with Crippen LogP contribution in [0.1, 0.15) is 10.4 Å². The average Bonchev–Trinajstić information content (AvgIpc) is 2.97. The third-order valence-corrected chi connectivity index (χ3v) is 3.13. The maximum atomic E-state index is 12.3. The van der Waals surface area contributed by atoms with Crippen molar-refractivity contribution in [3.8, 4) is 0 Å². The Bertz CT molecular complexity index is 839. The number of nitrogens with one attached hydrogen (secondary N) is 3. The van der Waals surface area contributed by atoms with Crippen molar-refractivity contribution in [2.24, 2.45) is 5.73 Å². The topological polar surface area (TPSA) is 113 Å². The first-order valence-corrected chi connectivity index (χ1v) is 6.53. The summed E-state index contributed by atoms with van der Waals surface area (Å²) >= 11 is 0. The van der Waals surface area contributed by atoms with Crippen molar-refractivity contribution in [2.45, 2.75) is 0 Å². The molecule has 0 fully saturated rings. The molecule has 110 valence electrons. The van der Waals surface area contributed by atoms with Crippen molar-refractivity contribution in [2.75, 3.05) is 10.6 Å². The molecule has 3 amide bonds. The largest absolute Gasteiger partial charge is 0.351 e. The summed E-state index contributed by atoms with van der Waals surface area (Å²) in [6.45, 7) is 0. The van der Waals surface area contributed by atoms with Gasteiger partial charge >= 0.3 is 6.03 Å². The third-order valence-electron chi connectivity index (χ3n) is 3.13. The average molecular weight is 295 g/mol. The molecule has 5 N–H and O–H groups in total. The molecule has 2 aromatic carbocycles. The molecular formula is C15H13N5O2. The van der Waals surface area contributed by atoms with E-state index in [4.69, 9.17) is 5.73 Å². The highest BCUT2D eigenvalue weighted by Crippen LogP contribution is 2.18. The molecule has 0 aliphatic rings. The lowest BCUT2D eigenvalue weighted by Gasteiger charge is -2.07. The molecule has 3 rings (SSSR count). The molecule has 0 radical (unpaired) electrons. The predicted molar refractivity (Wildman–Crippen MR) is 83.7 cm³/mol. The van der Waals surface area contributed by atoms with Gasteiger partial charge in [0, 0.05) is 16.8 Å². The van der Waals surface area contributed by atoms with Gasteiger partial charge in [-0.2, -0.15) is 5.10 Å². The molecule has 1 heterocycles. The fraction of sp³-hybridized carbons (Fsp3) is 0. The fourth-order valence-corrected chi connectivity index (χ4v) is 2.14. The number of fused-ring (bicyclic) bond motifs is 1. The van der Waals surface area contributed by atoms with Crippen molar-refractivity contribution in [3.05, 3.63) is 54.2 Å². The number of amides is 3. The summed E-state index contributed by atoms with van der Waals surface area (Å²) in [5, 5.41) is 12.9. The number of H-pyrrole nitrogens is 1. The molecule has 3 aromatic rings. The highest BCUT2D eigenvalue weighted by molar-refractivity contribution is 6.11. The molecular weight excluding hydrogens is 282 g/mol. The number of aromatic amines is 1. The van der Waals surface area contributed by atoms with Gasteiger partial charge in [0.15, 0.2) is 0 Å². The number of rotatable bonds is 3. The van der Waals surface area contributed by atoms with Gasteiger partial charge in [-0.1, -0.05) is 12.1 Å². The van der Waals surface area contributed by atoms with Crippen molar-refractivity contribution < 1.29 is 9.59 Å². The van der Waals surface area contributed by atoms with Gasteiger partial charge in [0.25, 0.3) is 5.91 Å². The molecule has 7 heteroatoms. The summed E-state index contributed by atoms with van der Waals surface area (Å²) in [5.41, 5.74) is 7.39. The normalized spacial score (nSPS) is 10.4. The van der Waals surface area contributed by atoms with E-state index >= 15 is 0 Å². The highest BCUT2D eigenvalue weighted by atomic mass is 16.2. The zero-order valence-electron chi connectivity index (χ0n) is 11.5. The lowest BCUT2D eigenvalue weighted by molar-refractivity contribution is 0.102. The van der Waals surface area contributed by atoms with E-state index in [2.05, 4.69) is 20.8 Å². The summed E-state index contributed by atoms with van der Waals surface area (Å²) in [5.74, 6) is -0.245. The van der Waals surface area contributed by atoms with Gasteiger partial charge in [0.05, 0.1) is 17.3 Å². The lowest BCUT2D eigenvalue weighted by Crippen LogP contribution is -2.19. The van der Waals surface area contributed by atoms with E-state index in [0.29, 0.717) is 22.5 Å². The Hall–Kier alpha value is -3.35. The van der Waals surface area contributed by atoms with Crippen LogP contribution in [0.15, 0.2) is 48.7 Å². The molecule has 7 nitrogen and oxygen atoms in total. The molecule has 0 aliphatic carbocycles. The summed E-state index contributed by atoms with van der Waals surface area (Å²) in [4.78, 5) is 23.1. The Morgan fingerprint density at radius 3 is 2.36 bits per heavy atom. The van der Waals surface area contributed by atoms with Crippen LogP contribution in [0.2, 0.25) is 0 Å². The predicted octanol–water partition coefficient (Wildman–Crippen LogP) is 2.31. The van der Waals surface area contributed by atoms with Crippen LogP contribution < -0.4 is 16.4 Å². The van der Waals surface area contributed by atoms with E-state index in [9.17, 15) is 9.59 Å². The Kier molecular flexibility index (Phi) is 3.45. The fourth-order valence-electron chi connectivity index (χ4n) is 2.14. The van der Waals surface area contributed by atoms with Gasteiger partial charge in [-0.3, -0.25) is 9.89 Å². The number of benzene rings is 2. The molecule has 0 aliphatic heterocycles. The molecule has 0 atom stereocenters. The number of urea groups is 1. The van der Waals surface area contributed by atoms with Crippen LogP contribution in [0.25, 0.3) is 10.9 Å². The number of anilines is 2. The van der Waals surface area contributed by atoms with Gasteiger partial charge in [-0.25, -0.2) is 4.79 Å². The second-order valence-corrected chi connectivity index (χ2v) is 4.66. The Balaban J connectivity index is 1.79. The third kappa shape index (κ3) is 2.73. The summed E-state index contributed by atoms with van der Waals surface area (Å²) in [7, 11) is 0. The van der Waals surface area contributed by atoms with Crippen LogP contribution in [0, 0.1) is 0 Å². The van der Waals surface area contributed by atoms with E-state index in [-0.39, 0.29) is 5.91 Å². The van der Waals surface area contributed by atoms with Crippen LogP contribution in [0.5, 0.6) is 0 Å². The zero-order valence-corrected chi connectivity index (χ0v) is 11.5. The molecule has 0 saturated carbocycles. The van der Waals surface area contributed by atoms with Crippen LogP contribution in [0.3, 0.4) is 0 Å². The minimum atomic E-state index is -0.636. The lowest BCUT2D eigenvalue weighted by atomic mass is 10.1.